The number of nitrogens with zero attached hydrogens (tertiary/aromatic N) is 3. The lowest BCUT2D eigenvalue weighted by Crippen LogP contribution is -2.44. The summed E-state index contributed by atoms with van der Waals surface area (Å²) in [5, 5.41) is 4.34. The molecule has 4 heterocycles. The summed E-state index contributed by atoms with van der Waals surface area (Å²) in [6.45, 7) is 5.20. The standard InChI is InChI=1S/C23H21N5O3/c1-2-21(29)28-9-3-4-17(12-28)27-23-18-11-16(26-22(18)24-13-25-23)7-5-15-6-8-19-20(10-15)31-14-30-19/h2,6,8,10-11,13,17H,1,3-4,9,12,14H2,(H2,24,25,26,27). The molecule has 8 nitrogen and oxygen atoms in total. The molecule has 1 aromatic carbocycles. The number of likely N-dealkylation sites (tertiary alicyclic amines) is 1. The average molecular weight is 415 g/mol. The van der Waals surface area contributed by atoms with Crippen LogP contribution in [-0.2, 0) is 4.79 Å². The lowest BCUT2D eigenvalue weighted by Gasteiger charge is -2.32. The molecule has 0 aliphatic carbocycles. The van der Waals surface area contributed by atoms with E-state index < -0.39 is 0 Å². The van der Waals surface area contributed by atoms with Gasteiger partial charge in [-0.15, -0.1) is 0 Å². The first kappa shape index (κ1) is 19.0. The molecule has 2 aliphatic rings. The number of fused-ring (bicyclic) bond motifs is 2. The molecule has 0 bridgehead atoms. The molecule has 3 aromatic rings. The van der Waals surface area contributed by atoms with E-state index in [0.29, 0.717) is 17.9 Å². The fourth-order valence-corrected chi connectivity index (χ4v) is 3.85. The summed E-state index contributed by atoms with van der Waals surface area (Å²) in [6.07, 6.45) is 4.78. The van der Waals surface area contributed by atoms with E-state index in [1.807, 2.05) is 29.2 Å². The van der Waals surface area contributed by atoms with E-state index >= 15 is 0 Å². The van der Waals surface area contributed by atoms with Crippen LogP contribution in [0.5, 0.6) is 11.5 Å². The Bertz CT molecular complexity index is 1220. The molecule has 2 aromatic heterocycles. The monoisotopic (exact) mass is 415 g/mol. The quantitative estimate of drug-likeness (QED) is 0.505. The van der Waals surface area contributed by atoms with Crippen molar-refractivity contribution in [2.45, 2.75) is 18.9 Å². The zero-order valence-electron chi connectivity index (χ0n) is 16.9. The van der Waals surface area contributed by atoms with Crippen molar-refractivity contribution in [2.75, 3.05) is 25.2 Å². The van der Waals surface area contributed by atoms with Crippen LogP contribution in [0.4, 0.5) is 5.82 Å². The predicted molar refractivity (Wildman–Crippen MR) is 116 cm³/mol. The Balaban J connectivity index is 1.36. The van der Waals surface area contributed by atoms with Crippen molar-refractivity contribution in [3.05, 3.63) is 54.5 Å². The minimum absolute atomic E-state index is 0.0398. The topological polar surface area (TPSA) is 92.4 Å². The number of nitrogens with one attached hydrogen (secondary N) is 2. The highest BCUT2D eigenvalue weighted by atomic mass is 16.7. The van der Waals surface area contributed by atoms with Crippen molar-refractivity contribution >= 4 is 22.8 Å². The van der Waals surface area contributed by atoms with Gasteiger partial charge in [0.1, 0.15) is 17.8 Å². The molecule has 156 valence electrons. The summed E-state index contributed by atoms with van der Waals surface area (Å²) < 4.78 is 10.7. The smallest absolute Gasteiger partial charge is 0.246 e. The Morgan fingerprint density at radius 1 is 1.26 bits per heavy atom. The van der Waals surface area contributed by atoms with Gasteiger partial charge in [0.05, 0.1) is 11.1 Å². The summed E-state index contributed by atoms with van der Waals surface area (Å²) in [7, 11) is 0. The van der Waals surface area contributed by atoms with Crippen LogP contribution < -0.4 is 14.8 Å². The number of hydrogen-bond acceptors (Lipinski definition) is 6. The van der Waals surface area contributed by atoms with Gasteiger partial charge in [0.15, 0.2) is 11.5 Å². The molecule has 1 unspecified atom stereocenters. The van der Waals surface area contributed by atoms with Gasteiger partial charge in [-0.05, 0) is 49.1 Å². The number of H-pyrrole nitrogens is 1. The van der Waals surface area contributed by atoms with Crippen molar-refractivity contribution in [3.8, 4) is 23.3 Å². The molecule has 31 heavy (non-hydrogen) atoms. The van der Waals surface area contributed by atoms with Crippen LogP contribution in [0.25, 0.3) is 11.0 Å². The molecule has 1 atom stereocenters. The lowest BCUT2D eigenvalue weighted by molar-refractivity contribution is -0.127. The molecule has 2 aliphatic heterocycles. The number of aromatic nitrogens is 3. The van der Waals surface area contributed by atoms with E-state index in [4.69, 9.17) is 9.47 Å². The Hall–Kier alpha value is -3.99. The number of carbonyl (C=O) groups excluding carboxylic acids is 1. The second-order valence-corrected chi connectivity index (χ2v) is 7.46. The van der Waals surface area contributed by atoms with Crippen LogP contribution >= 0.6 is 0 Å². The summed E-state index contributed by atoms with van der Waals surface area (Å²) in [5.74, 6) is 8.41. The molecule has 0 spiro atoms. The maximum Gasteiger partial charge on any atom is 0.246 e. The third-order valence-electron chi connectivity index (χ3n) is 5.39. The number of amides is 1. The van der Waals surface area contributed by atoms with Crippen molar-refractivity contribution in [3.63, 3.8) is 0 Å². The molecular weight excluding hydrogens is 394 g/mol. The predicted octanol–water partition coefficient (Wildman–Crippen LogP) is 2.68. The summed E-state index contributed by atoms with van der Waals surface area (Å²) in [5.41, 5.74) is 2.28. The highest BCUT2D eigenvalue weighted by Crippen LogP contribution is 2.32. The first-order valence-corrected chi connectivity index (χ1v) is 10.1. The fraction of sp³-hybridized carbons (Fsp3) is 0.261. The number of piperidine rings is 1. The highest BCUT2D eigenvalue weighted by molar-refractivity contribution is 5.89. The second kappa shape index (κ2) is 8.03. The lowest BCUT2D eigenvalue weighted by atomic mass is 10.1. The Labute approximate surface area is 179 Å². The number of aromatic amines is 1. The molecule has 8 heteroatoms. The van der Waals surface area contributed by atoms with Crippen LogP contribution in [0.15, 0.2) is 43.2 Å². The van der Waals surface area contributed by atoms with E-state index in [0.717, 1.165) is 47.6 Å². The maximum absolute atomic E-state index is 12.0. The zero-order valence-corrected chi connectivity index (χ0v) is 16.9. The molecule has 1 amide bonds. The first-order chi connectivity index (χ1) is 15.2. The van der Waals surface area contributed by atoms with Gasteiger partial charge in [-0.1, -0.05) is 12.5 Å². The average Bonchev–Trinajstić information content (AvgIpc) is 3.44. The van der Waals surface area contributed by atoms with E-state index in [1.165, 1.54) is 12.4 Å². The maximum atomic E-state index is 12.0. The number of anilines is 1. The summed E-state index contributed by atoms with van der Waals surface area (Å²) in [4.78, 5) is 25.7. The molecule has 1 saturated heterocycles. The fourth-order valence-electron chi connectivity index (χ4n) is 3.85. The van der Waals surface area contributed by atoms with E-state index in [-0.39, 0.29) is 18.7 Å². The zero-order chi connectivity index (χ0) is 21.2. The van der Waals surface area contributed by atoms with Gasteiger partial charge >= 0.3 is 0 Å². The SMILES string of the molecule is C=CC(=O)N1CCCC(Nc2ncnc3[nH]c(C#Cc4ccc5c(c4)OCO5)cc23)C1. The number of carbonyl (C=O) groups is 1. The van der Waals surface area contributed by atoms with Gasteiger partial charge in [0, 0.05) is 24.7 Å². The minimum Gasteiger partial charge on any atom is -0.454 e. The van der Waals surface area contributed by atoms with Crippen molar-refractivity contribution < 1.29 is 14.3 Å². The number of benzene rings is 1. The van der Waals surface area contributed by atoms with Crippen LogP contribution in [0, 0.1) is 11.8 Å². The van der Waals surface area contributed by atoms with Gasteiger partial charge in [-0.25, -0.2) is 9.97 Å². The second-order valence-electron chi connectivity index (χ2n) is 7.46. The van der Waals surface area contributed by atoms with Crippen molar-refractivity contribution in [1.82, 2.24) is 19.9 Å². The highest BCUT2D eigenvalue weighted by Gasteiger charge is 2.23. The number of rotatable bonds is 3. The van der Waals surface area contributed by atoms with Gasteiger partial charge < -0.3 is 24.7 Å². The molecular formula is C23H21N5O3. The Morgan fingerprint density at radius 3 is 3.06 bits per heavy atom. The van der Waals surface area contributed by atoms with Gasteiger partial charge in [-0.2, -0.15) is 0 Å². The minimum atomic E-state index is -0.0398. The molecule has 0 saturated carbocycles. The third kappa shape index (κ3) is 3.90. The number of ether oxygens (including phenoxy) is 2. The van der Waals surface area contributed by atoms with Gasteiger partial charge in [-0.3, -0.25) is 4.79 Å². The van der Waals surface area contributed by atoms with Crippen LogP contribution in [0.1, 0.15) is 24.1 Å². The van der Waals surface area contributed by atoms with Crippen molar-refractivity contribution in [2.24, 2.45) is 0 Å². The van der Waals surface area contributed by atoms with Gasteiger partial charge in [0.25, 0.3) is 0 Å². The summed E-state index contributed by atoms with van der Waals surface area (Å²) in [6, 6.07) is 7.68. The van der Waals surface area contributed by atoms with Crippen molar-refractivity contribution in [1.29, 1.82) is 0 Å². The van der Waals surface area contributed by atoms with Crippen LogP contribution in [0.3, 0.4) is 0 Å². The van der Waals surface area contributed by atoms with E-state index in [2.05, 4.69) is 38.7 Å². The van der Waals surface area contributed by atoms with Crippen LogP contribution in [-0.4, -0.2) is 51.7 Å². The van der Waals surface area contributed by atoms with E-state index in [1.54, 1.807) is 0 Å². The largest absolute Gasteiger partial charge is 0.454 e. The molecule has 2 N–H and O–H groups in total. The Kier molecular flexibility index (Phi) is 4.92. The first-order valence-electron chi connectivity index (χ1n) is 10.1. The van der Waals surface area contributed by atoms with E-state index in [9.17, 15) is 4.79 Å². The molecule has 0 radical (unpaired) electrons. The van der Waals surface area contributed by atoms with Crippen LogP contribution in [0.2, 0.25) is 0 Å². The van der Waals surface area contributed by atoms with Gasteiger partial charge in [0.2, 0.25) is 12.7 Å². The number of hydrogen-bond donors (Lipinski definition) is 2. The Morgan fingerprint density at radius 2 is 2.16 bits per heavy atom. The summed E-state index contributed by atoms with van der Waals surface area (Å²) >= 11 is 0. The molecule has 5 rings (SSSR count). The normalized spacial score (nSPS) is 17.2. The molecule has 1 fully saturated rings. The third-order valence-corrected chi connectivity index (χ3v) is 5.39.